The summed E-state index contributed by atoms with van der Waals surface area (Å²) in [5.41, 5.74) is 1.16. The third kappa shape index (κ3) is 2.80. The molecule has 1 saturated heterocycles. The Labute approximate surface area is 123 Å². The molecule has 0 aliphatic carbocycles. The maximum atomic E-state index is 11.4. The van der Waals surface area contributed by atoms with Gasteiger partial charge in [0.25, 0.3) is 0 Å². The molecule has 1 fully saturated rings. The van der Waals surface area contributed by atoms with Crippen LogP contribution >= 0.6 is 0 Å². The smallest absolute Gasteiger partial charge is 0.372 e. The van der Waals surface area contributed by atoms with E-state index < -0.39 is 5.97 Å². The lowest BCUT2D eigenvalue weighted by atomic mass is 10.1. The van der Waals surface area contributed by atoms with Crippen LogP contribution in [0.2, 0.25) is 0 Å². The van der Waals surface area contributed by atoms with Crippen LogP contribution in [0.5, 0.6) is 0 Å². The normalized spacial score (nSPS) is 19.0. The fourth-order valence-electron chi connectivity index (χ4n) is 2.90. The van der Waals surface area contributed by atoms with Crippen molar-refractivity contribution in [2.45, 2.75) is 26.0 Å². The molecule has 5 heteroatoms. The predicted molar refractivity (Wildman–Crippen MR) is 78.5 cm³/mol. The number of para-hydroxylation sites is 1. The van der Waals surface area contributed by atoms with E-state index in [-0.39, 0.29) is 11.4 Å². The average Bonchev–Trinajstić information content (AvgIpc) is 2.77. The Morgan fingerprint density at radius 3 is 2.86 bits per heavy atom. The molecular weight excluding hydrogens is 270 g/mol. The van der Waals surface area contributed by atoms with Crippen molar-refractivity contribution in [2.24, 2.45) is 0 Å². The third-order valence-electron chi connectivity index (χ3n) is 3.78. The van der Waals surface area contributed by atoms with E-state index in [9.17, 15) is 9.90 Å². The molecule has 0 amide bonds. The Morgan fingerprint density at radius 2 is 2.14 bits per heavy atom. The number of hydrogen-bond acceptors (Lipinski definition) is 4. The van der Waals surface area contributed by atoms with Crippen LogP contribution in [-0.2, 0) is 11.3 Å². The van der Waals surface area contributed by atoms with Gasteiger partial charge in [-0.15, -0.1) is 0 Å². The van der Waals surface area contributed by atoms with Crippen molar-refractivity contribution in [3.8, 4) is 0 Å². The van der Waals surface area contributed by atoms with Crippen molar-refractivity contribution in [3.05, 3.63) is 35.6 Å². The largest absolute Gasteiger partial charge is 0.475 e. The highest BCUT2D eigenvalue weighted by Crippen LogP contribution is 2.28. The maximum absolute atomic E-state index is 11.4. The number of carbonyl (C=O) groups is 1. The molecule has 0 atom stereocenters. The molecule has 0 radical (unpaired) electrons. The number of carboxylic acid groups (broad SMARTS) is 1. The lowest BCUT2D eigenvalue weighted by Gasteiger charge is -2.38. The van der Waals surface area contributed by atoms with Crippen LogP contribution in [-0.4, -0.2) is 41.3 Å². The minimum Gasteiger partial charge on any atom is -0.475 e. The molecule has 0 unspecified atom stereocenters. The summed E-state index contributed by atoms with van der Waals surface area (Å²) in [5, 5.41) is 10.2. The first-order valence-corrected chi connectivity index (χ1v) is 7.06. The Balaban J connectivity index is 1.95. The van der Waals surface area contributed by atoms with Crippen molar-refractivity contribution in [1.82, 2.24) is 4.90 Å². The highest BCUT2D eigenvalue weighted by molar-refractivity contribution is 5.95. The van der Waals surface area contributed by atoms with Gasteiger partial charge in [0, 0.05) is 30.6 Å². The molecule has 3 rings (SSSR count). The number of morpholine rings is 1. The lowest BCUT2D eigenvalue weighted by molar-refractivity contribution is -0.0882. The number of nitrogens with zero attached hydrogens (tertiary/aromatic N) is 1. The van der Waals surface area contributed by atoms with Crippen molar-refractivity contribution in [2.75, 3.05) is 19.7 Å². The van der Waals surface area contributed by atoms with Gasteiger partial charge in [0.2, 0.25) is 5.76 Å². The van der Waals surface area contributed by atoms with E-state index in [0.717, 1.165) is 24.0 Å². The van der Waals surface area contributed by atoms with Crippen LogP contribution in [0.4, 0.5) is 0 Å². The van der Waals surface area contributed by atoms with E-state index in [1.54, 1.807) is 6.07 Å². The fraction of sp³-hybridized carbons (Fsp3) is 0.438. The fourth-order valence-corrected chi connectivity index (χ4v) is 2.90. The molecule has 1 aromatic heterocycles. The highest BCUT2D eigenvalue weighted by atomic mass is 16.5. The Bertz CT molecular complexity index is 674. The lowest BCUT2D eigenvalue weighted by Crippen LogP contribution is -2.47. The topological polar surface area (TPSA) is 62.9 Å². The van der Waals surface area contributed by atoms with Crippen LogP contribution in [0.3, 0.4) is 0 Å². The summed E-state index contributed by atoms with van der Waals surface area (Å²) in [6.45, 7) is 6.87. The molecule has 1 N–H and O–H groups in total. The van der Waals surface area contributed by atoms with Crippen molar-refractivity contribution >= 4 is 16.9 Å². The van der Waals surface area contributed by atoms with E-state index in [4.69, 9.17) is 9.15 Å². The van der Waals surface area contributed by atoms with Crippen LogP contribution in [0.1, 0.15) is 30.0 Å². The molecule has 112 valence electrons. The molecule has 2 aromatic rings. The summed E-state index contributed by atoms with van der Waals surface area (Å²) >= 11 is 0. The maximum Gasteiger partial charge on any atom is 0.372 e. The summed E-state index contributed by atoms with van der Waals surface area (Å²) < 4.78 is 11.2. The van der Waals surface area contributed by atoms with Gasteiger partial charge in [-0.25, -0.2) is 4.79 Å². The molecule has 1 aromatic carbocycles. The van der Waals surface area contributed by atoms with Gasteiger partial charge < -0.3 is 14.3 Å². The highest BCUT2D eigenvalue weighted by Gasteiger charge is 2.29. The molecule has 2 heterocycles. The minimum atomic E-state index is -1.02. The van der Waals surface area contributed by atoms with Gasteiger partial charge >= 0.3 is 5.97 Å². The Morgan fingerprint density at radius 1 is 1.38 bits per heavy atom. The van der Waals surface area contributed by atoms with E-state index in [1.807, 2.05) is 32.0 Å². The number of hydrogen-bond donors (Lipinski definition) is 1. The molecule has 21 heavy (non-hydrogen) atoms. The van der Waals surface area contributed by atoms with Crippen molar-refractivity contribution in [1.29, 1.82) is 0 Å². The van der Waals surface area contributed by atoms with Crippen LogP contribution in [0.15, 0.2) is 28.7 Å². The average molecular weight is 289 g/mol. The number of rotatable bonds is 3. The SMILES string of the molecule is CC1(C)CN(Cc2c(C(=O)O)oc3ccccc23)CCO1. The first-order valence-electron chi connectivity index (χ1n) is 7.06. The first kappa shape index (κ1) is 14.1. The summed E-state index contributed by atoms with van der Waals surface area (Å²) in [6, 6.07) is 7.45. The molecule has 0 saturated carbocycles. The quantitative estimate of drug-likeness (QED) is 0.941. The number of aromatic carboxylic acids is 1. The zero-order valence-electron chi connectivity index (χ0n) is 12.3. The summed E-state index contributed by atoms with van der Waals surface area (Å²) in [6.07, 6.45) is 0. The predicted octanol–water partition coefficient (Wildman–Crippen LogP) is 2.74. The van der Waals surface area contributed by atoms with Gasteiger partial charge in [-0.2, -0.15) is 0 Å². The second-order valence-electron chi connectivity index (χ2n) is 6.03. The summed E-state index contributed by atoms with van der Waals surface area (Å²) in [4.78, 5) is 13.6. The van der Waals surface area contributed by atoms with Crippen molar-refractivity contribution < 1.29 is 19.1 Å². The number of ether oxygens (including phenoxy) is 1. The molecule has 0 bridgehead atoms. The van der Waals surface area contributed by atoms with Crippen LogP contribution in [0, 0.1) is 0 Å². The van der Waals surface area contributed by atoms with Gasteiger partial charge in [-0.1, -0.05) is 18.2 Å². The second-order valence-corrected chi connectivity index (χ2v) is 6.03. The van der Waals surface area contributed by atoms with Gasteiger partial charge in [0.15, 0.2) is 0 Å². The van der Waals surface area contributed by atoms with Gasteiger partial charge in [0.05, 0.1) is 12.2 Å². The summed E-state index contributed by atoms with van der Waals surface area (Å²) in [7, 11) is 0. The van der Waals surface area contributed by atoms with E-state index in [1.165, 1.54) is 0 Å². The van der Waals surface area contributed by atoms with Crippen LogP contribution < -0.4 is 0 Å². The number of benzene rings is 1. The monoisotopic (exact) mass is 289 g/mol. The van der Waals surface area contributed by atoms with E-state index in [0.29, 0.717) is 18.7 Å². The number of furan rings is 1. The number of fused-ring (bicyclic) bond motifs is 1. The standard InChI is InChI=1S/C16H19NO4/c1-16(2)10-17(7-8-20-16)9-12-11-5-3-4-6-13(11)21-14(12)15(18)19/h3-6H,7-10H2,1-2H3,(H,18,19). The van der Waals surface area contributed by atoms with Gasteiger partial charge in [-0.3, -0.25) is 4.90 Å². The van der Waals surface area contributed by atoms with E-state index in [2.05, 4.69) is 4.90 Å². The van der Waals surface area contributed by atoms with Crippen molar-refractivity contribution in [3.63, 3.8) is 0 Å². The summed E-state index contributed by atoms with van der Waals surface area (Å²) in [5.74, 6) is -0.978. The molecule has 0 spiro atoms. The molecule has 5 nitrogen and oxygen atoms in total. The molecular formula is C16H19NO4. The third-order valence-corrected chi connectivity index (χ3v) is 3.78. The van der Waals surface area contributed by atoms with Crippen LogP contribution in [0.25, 0.3) is 11.0 Å². The minimum absolute atomic E-state index is 0.0421. The zero-order chi connectivity index (χ0) is 15.0. The number of carboxylic acids is 1. The van der Waals surface area contributed by atoms with Gasteiger partial charge in [0.1, 0.15) is 5.58 Å². The first-order chi connectivity index (χ1) is 9.96. The van der Waals surface area contributed by atoms with E-state index >= 15 is 0 Å². The Kier molecular flexibility index (Phi) is 3.47. The Hall–Kier alpha value is -1.85. The molecule has 1 aliphatic rings. The second kappa shape index (κ2) is 5.16. The van der Waals surface area contributed by atoms with Gasteiger partial charge in [-0.05, 0) is 19.9 Å². The zero-order valence-corrected chi connectivity index (χ0v) is 12.3. The molecule has 1 aliphatic heterocycles.